The molecular weight excluding hydrogens is 158 g/mol. The van der Waals surface area contributed by atoms with E-state index in [1.54, 1.807) is 19.1 Å². The van der Waals surface area contributed by atoms with Gasteiger partial charge < -0.3 is 0 Å². The van der Waals surface area contributed by atoms with Gasteiger partial charge in [-0.25, -0.2) is 8.78 Å². The summed E-state index contributed by atoms with van der Waals surface area (Å²) in [7, 11) is 0. The Balaban J connectivity index is 4.36. The Kier molecular flexibility index (Phi) is 4.93. The number of hydrogen-bond donors (Lipinski definition) is 0. The van der Waals surface area contributed by atoms with Gasteiger partial charge in [-0.15, -0.1) is 0 Å². The summed E-state index contributed by atoms with van der Waals surface area (Å²) < 4.78 is 24.8. The maximum atomic E-state index is 12.7. The first kappa shape index (κ1) is 10.8. The van der Waals surface area contributed by atoms with Gasteiger partial charge in [-0.3, -0.25) is 0 Å². The zero-order chi connectivity index (χ0) is 9.56. The van der Waals surface area contributed by atoms with Crippen molar-refractivity contribution < 1.29 is 8.78 Å². The first-order valence-corrected chi connectivity index (χ1v) is 3.59. The summed E-state index contributed by atoms with van der Waals surface area (Å²) >= 11 is 0. The van der Waals surface area contributed by atoms with E-state index in [1.165, 1.54) is 13.0 Å². The molecule has 0 unspecified atom stereocenters. The molecule has 0 saturated heterocycles. The minimum Gasteiger partial charge on any atom is -0.212 e. The summed E-state index contributed by atoms with van der Waals surface area (Å²) in [5.41, 5.74) is 0.507. The lowest BCUT2D eigenvalue weighted by Crippen LogP contribution is -1.71. The van der Waals surface area contributed by atoms with Crippen LogP contribution in [-0.4, -0.2) is 0 Å². The second kappa shape index (κ2) is 5.47. The number of hydrogen-bond acceptors (Lipinski definition) is 0. The molecule has 0 atom stereocenters. The fourth-order valence-electron chi connectivity index (χ4n) is 0.671. The summed E-state index contributed by atoms with van der Waals surface area (Å²) in [6, 6.07) is 0. The van der Waals surface area contributed by atoms with Gasteiger partial charge in [0.1, 0.15) is 5.83 Å². The van der Waals surface area contributed by atoms with Crippen molar-refractivity contribution in [3.63, 3.8) is 0 Å². The molecule has 0 nitrogen and oxygen atoms in total. The lowest BCUT2D eigenvalue weighted by molar-refractivity contribution is 0.614. The maximum Gasteiger partial charge on any atom is 0.126 e. The summed E-state index contributed by atoms with van der Waals surface area (Å²) in [4.78, 5) is 0. The van der Waals surface area contributed by atoms with Gasteiger partial charge in [-0.1, -0.05) is 18.7 Å². The molecule has 0 spiro atoms. The zero-order valence-corrected chi connectivity index (χ0v) is 7.27. The van der Waals surface area contributed by atoms with Crippen LogP contribution in [0, 0.1) is 0 Å². The van der Waals surface area contributed by atoms with Gasteiger partial charge in [0.2, 0.25) is 0 Å². The first-order valence-electron chi connectivity index (χ1n) is 3.59. The van der Waals surface area contributed by atoms with Crippen LogP contribution in [0.2, 0.25) is 0 Å². The van der Waals surface area contributed by atoms with Crippen LogP contribution >= 0.6 is 0 Å². The highest BCUT2D eigenvalue weighted by atomic mass is 19.1. The first-order chi connectivity index (χ1) is 5.56. The molecule has 0 N–H and O–H groups in total. The molecule has 0 aliphatic carbocycles. The van der Waals surface area contributed by atoms with Crippen molar-refractivity contribution in [2.45, 2.75) is 13.8 Å². The van der Waals surface area contributed by atoms with Gasteiger partial charge >= 0.3 is 0 Å². The SMILES string of the molecule is C=C(/C=C/C)/C=C(F)\C=C(/C)F. The van der Waals surface area contributed by atoms with Crippen LogP contribution in [0.15, 0.2) is 48.1 Å². The van der Waals surface area contributed by atoms with E-state index in [-0.39, 0.29) is 0 Å². The summed E-state index contributed by atoms with van der Waals surface area (Å²) in [6.45, 7) is 6.52. The minimum atomic E-state index is -0.627. The van der Waals surface area contributed by atoms with E-state index in [4.69, 9.17) is 0 Å². The third-order valence-electron chi connectivity index (χ3n) is 1.04. The van der Waals surface area contributed by atoms with Crippen molar-refractivity contribution in [2.24, 2.45) is 0 Å². The van der Waals surface area contributed by atoms with Crippen LogP contribution in [0.1, 0.15) is 13.8 Å². The van der Waals surface area contributed by atoms with Crippen LogP contribution in [0.5, 0.6) is 0 Å². The molecule has 0 aromatic carbocycles. The van der Waals surface area contributed by atoms with Gasteiger partial charge in [-0.2, -0.15) is 0 Å². The fourth-order valence-corrected chi connectivity index (χ4v) is 0.671. The van der Waals surface area contributed by atoms with Crippen molar-refractivity contribution in [2.75, 3.05) is 0 Å². The molecule has 0 aliphatic rings. The summed E-state index contributed by atoms with van der Waals surface area (Å²) in [5.74, 6) is -1.19. The minimum absolute atomic E-state index is 0.507. The Morgan fingerprint density at radius 1 is 1.25 bits per heavy atom. The van der Waals surface area contributed by atoms with Crippen LogP contribution in [0.25, 0.3) is 0 Å². The van der Waals surface area contributed by atoms with Crippen LogP contribution in [0.4, 0.5) is 8.78 Å². The van der Waals surface area contributed by atoms with Gasteiger partial charge in [0.05, 0.1) is 5.83 Å². The van der Waals surface area contributed by atoms with Crippen molar-refractivity contribution >= 4 is 0 Å². The van der Waals surface area contributed by atoms with E-state index < -0.39 is 11.7 Å². The Morgan fingerprint density at radius 3 is 2.25 bits per heavy atom. The third kappa shape index (κ3) is 5.59. The molecule has 0 heterocycles. The fraction of sp³-hybridized carbons (Fsp3) is 0.200. The highest BCUT2D eigenvalue weighted by Gasteiger charge is 1.91. The monoisotopic (exact) mass is 170 g/mol. The van der Waals surface area contributed by atoms with Crippen LogP contribution in [-0.2, 0) is 0 Å². The molecule has 0 aromatic rings. The predicted molar refractivity (Wildman–Crippen MR) is 48.0 cm³/mol. The summed E-state index contributed by atoms with van der Waals surface area (Å²) in [6.07, 6.45) is 5.36. The maximum absolute atomic E-state index is 12.7. The Labute approximate surface area is 71.6 Å². The van der Waals surface area contributed by atoms with Gasteiger partial charge in [0, 0.05) is 6.08 Å². The standard InChI is InChI=1S/C10H12F2/c1-4-5-8(2)6-10(12)7-9(3)11/h4-7H,2H2,1,3H3/b5-4+,9-7+,10-6+. The topological polar surface area (TPSA) is 0 Å². The normalized spacial score (nSPS) is 14.0. The second-order valence-corrected chi connectivity index (χ2v) is 2.34. The van der Waals surface area contributed by atoms with Crippen molar-refractivity contribution in [1.29, 1.82) is 0 Å². The van der Waals surface area contributed by atoms with Crippen molar-refractivity contribution in [3.05, 3.63) is 48.1 Å². The largest absolute Gasteiger partial charge is 0.212 e. The van der Waals surface area contributed by atoms with E-state index in [0.29, 0.717) is 5.57 Å². The molecule has 0 aromatic heterocycles. The average Bonchev–Trinajstić information content (AvgIpc) is 1.84. The molecule has 0 fully saturated rings. The van der Waals surface area contributed by atoms with E-state index in [9.17, 15) is 8.78 Å². The molecule has 0 bridgehead atoms. The second-order valence-electron chi connectivity index (χ2n) is 2.34. The third-order valence-corrected chi connectivity index (χ3v) is 1.04. The van der Waals surface area contributed by atoms with Crippen LogP contribution < -0.4 is 0 Å². The Bertz CT molecular complexity index is 241. The van der Waals surface area contributed by atoms with Gasteiger partial charge in [0.15, 0.2) is 0 Å². The van der Waals surface area contributed by atoms with Crippen molar-refractivity contribution in [3.8, 4) is 0 Å². The molecule has 0 rings (SSSR count). The highest BCUT2D eigenvalue weighted by molar-refractivity contribution is 5.32. The Morgan fingerprint density at radius 2 is 1.83 bits per heavy atom. The summed E-state index contributed by atoms with van der Waals surface area (Å²) in [5, 5.41) is 0. The molecular formula is C10H12F2. The van der Waals surface area contributed by atoms with E-state index >= 15 is 0 Å². The molecule has 12 heavy (non-hydrogen) atoms. The molecule has 66 valence electrons. The van der Waals surface area contributed by atoms with E-state index in [1.807, 2.05) is 0 Å². The quantitative estimate of drug-likeness (QED) is 0.564. The van der Waals surface area contributed by atoms with E-state index in [2.05, 4.69) is 6.58 Å². The Hall–Kier alpha value is -1.18. The zero-order valence-electron chi connectivity index (χ0n) is 7.27. The molecule has 2 heteroatoms. The van der Waals surface area contributed by atoms with E-state index in [0.717, 1.165) is 6.08 Å². The number of allylic oxidation sites excluding steroid dienone is 7. The molecule has 0 radical (unpaired) electrons. The van der Waals surface area contributed by atoms with Crippen molar-refractivity contribution in [1.82, 2.24) is 0 Å². The predicted octanol–water partition coefficient (Wildman–Crippen LogP) is 3.85. The molecule has 0 aliphatic heterocycles. The number of halogens is 2. The van der Waals surface area contributed by atoms with Gasteiger partial charge in [0.25, 0.3) is 0 Å². The molecule has 0 amide bonds. The lowest BCUT2D eigenvalue weighted by atomic mass is 10.2. The van der Waals surface area contributed by atoms with Gasteiger partial charge in [-0.05, 0) is 25.5 Å². The van der Waals surface area contributed by atoms with Crippen LogP contribution in [0.3, 0.4) is 0 Å². The lowest BCUT2D eigenvalue weighted by Gasteiger charge is -1.89. The smallest absolute Gasteiger partial charge is 0.126 e. The molecule has 0 saturated carbocycles. The average molecular weight is 170 g/mol. The number of rotatable bonds is 3. The highest BCUT2D eigenvalue weighted by Crippen LogP contribution is 2.08.